The van der Waals surface area contributed by atoms with Crippen LogP contribution in [-0.2, 0) is 26.0 Å². The lowest BCUT2D eigenvalue weighted by atomic mass is 10.0. The predicted octanol–water partition coefficient (Wildman–Crippen LogP) is 2.17. The standard InChI is InChI=1S/C20H22N2O5S/c1-13-9-10-16(28(21,25)26)12-17(13)20(24)27-14(2)19(23)22-11-5-7-15-6-3-4-8-18(15)22/h3-4,6,8-10,12,14H,5,7,11H2,1-2H3,(H2,21,25,26). The smallest absolute Gasteiger partial charge is 0.339 e. The van der Waals surface area contributed by atoms with Gasteiger partial charge in [0, 0.05) is 12.2 Å². The van der Waals surface area contributed by atoms with E-state index in [4.69, 9.17) is 9.88 Å². The lowest BCUT2D eigenvalue weighted by Gasteiger charge is -2.31. The van der Waals surface area contributed by atoms with E-state index in [2.05, 4.69) is 0 Å². The minimum atomic E-state index is -3.95. The van der Waals surface area contributed by atoms with Crippen LogP contribution in [0.3, 0.4) is 0 Å². The molecule has 0 fully saturated rings. The summed E-state index contributed by atoms with van der Waals surface area (Å²) in [5.41, 5.74) is 2.50. The quantitative estimate of drug-likeness (QED) is 0.789. The molecule has 28 heavy (non-hydrogen) atoms. The second-order valence-electron chi connectivity index (χ2n) is 6.79. The number of carbonyl (C=O) groups excluding carboxylic acids is 2. The highest BCUT2D eigenvalue weighted by Gasteiger charge is 2.29. The third-order valence-electron chi connectivity index (χ3n) is 4.77. The highest BCUT2D eigenvalue weighted by Crippen LogP contribution is 2.27. The highest BCUT2D eigenvalue weighted by atomic mass is 32.2. The van der Waals surface area contributed by atoms with E-state index in [-0.39, 0.29) is 16.4 Å². The molecule has 1 aliphatic heterocycles. The Bertz CT molecular complexity index is 1030. The summed E-state index contributed by atoms with van der Waals surface area (Å²) in [6.45, 7) is 3.71. The fourth-order valence-electron chi connectivity index (χ4n) is 3.25. The fourth-order valence-corrected chi connectivity index (χ4v) is 3.79. The maximum atomic E-state index is 12.9. The van der Waals surface area contributed by atoms with Crippen molar-refractivity contribution < 1.29 is 22.7 Å². The van der Waals surface area contributed by atoms with Gasteiger partial charge in [0.25, 0.3) is 5.91 Å². The highest BCUT2D eigenvalue weighted by molar-refractivity contribution is 7.89. The van der Waals surface area contributed by atoms with Crippen LogP contribution in [0.1, 0.15) is 34.8 Å². The van der Waals surface area contributed by atoms with Gasteiger partial charge in [-0.1, -0.05) is 24.3 Å². The zero-order chi connectivity index (χ0) is 20.5. The maximum Gasteiger partial charge on any atom is 0.339 e. The number of hydrogen-bond acceptors (Lipinski definition) is 5. The summed E-state index contributed by atoms with van der Waals surface area (Å²) >= 11 is 0. The molecule has 3 rings (SSSR count). The van der Waals surface area contributed by atoms with Crippen molar-refractivity contribution >= 4 is 27.6 Å². The van der Waals surface area contributed by atoms with Crippen LogP contribution in [0.4, 0.5) is 5.69 Å². The fraction of sp³-hybridized carbons (Fsp3) is 0.300. The first-order valence-electron chi connectivity index (χ1n) is 8.92. The molecule has 0 aromatic heterocycles. The lowest BCUT2D eigenvalue weighted by molar-refractivity contribution is -0.126. The van der Waals surface area contributed by atoms with Gasteiger partial charge >= 0.3 is 5.97 Å². The Labute approximate surface area is 164 Å². The number of sulfonamides is 1. The summed E-state index contributed by atoms with van der Waals surface area (Å²) in [4.78, 5) is 26.9. The number of primary sulfonamides is 1. The van der Waals surface area contributed by atoms with E-state index in [1.807, 2.05) is 24.3 Å². The van der Waals surface area contributed by atoms with E-state index in [1.165, 1.54) is 25.1 Å². The number of esters is 1. The number of aryl methyl sites for hydroxylation is 2. The van der Waals surface area contributed by atoms with Crippen molar-refractivity contribution in [3.05, 3.63) is 59.2 Å². The van der Waals surface area contributed by atoms with E-state index in [9.17, 15) is 18.0 Å². The molecule has 0 radical (unpaired) electrons. The minimum Gasteiger partial charge on any atom is -0.449 e. The second-order valence-corrected chi connectivity index (χ2v) is 8.35. The summed E-state index contributed by atoms with van der Waals surface area (Å²) in [6.07, 6.45) is 0.711. The number of para-hydroxylation sites is 1. The number of amides is 1. The van der Waals surface area contributed by atoms with Gasteiger partial charge in [-0.2, -0.15) is 0 Å². The van der Waals surface area contributed by atoms with Gasteiger partial charge in [0.1, 0.15) is 0 Å². The largest absolute Gasteiger partial charge is 0.449 e. The van der Waals surface area contributed by atoms with Gasteiger partial charge in [-0.05, 0) is 56.0 Å². The molecule has 1 unspecified atom stereocenters. The molecule has 2 aromatic carbocycles. The Morgan fingerprint density at radius 1 is 1.18 bits per heavy atom. The van der Waals surface area contributed by atoms with Crippen LogP contribution in [0.2, 0.25) is 0 Å². The molecule has 0 aliphatic carbocycles. The Hall–Kier alpha value is -2.71. The SMILES string of the molecule is Cc1ccc(S(N)(=O)=O)cc1C(=O)OC(C)C(=O)N1CCCc2ccccc21. The van der Waals surface area contributed by atoms with Crippen molar-refractivity contribution in [3.63, 3.8) is 0 Å². The number of carbonyl (C=O) groups is 2. The number of nitrogens with zero attached hydrogens (tertiary/aromatic N) is 1. The molecule has 2 aromatic rings. The molecular weight excluding hydrogens is 380 g/mol. The van der Waals surface area contributed by atoms with Crippen molar-refractivity contribution in [1.29, 1.82) is 0 Å². The first-order valence-corrected chi connectivity index (χ1v) is 10.5. The van der Waals surface area contributed by atoms with Crippen molar-refractivity contribution in [2.45, 2.75) is 37.7 Å². The topological polar surface area (TPSA) is 107 Å². The Balaban J connectivity index is 1.79. The first-order chi connectivity index (χ1) is 13.2. The van der Waals surface area contributed by atoms with Crippen LogP contribution in [0.15, 0.2) is 47.4 Å². The van der Waals surface area contributed by atoms with Crippen LogP contribution >= 0.6 is 0 Å². The first kappa shape index (κ1) is 20.0. The average Bonchev–Trinajstić information content (AvgIpc) is 2.66. The summed E-state index contributed by atoms with van der Waals surface area (Å²) in [6, 6.07) is 11.6. The molecule has 1 heterocycles. The number of rotatable bonds is 4. The summed E-state index contributed by atoms with van der Waals surface area (Å²) in [5, 5.41) is 5.13. The van der Waals surface area contributed by atoms with E-state index in [1.54, 1.807) is 11.8 Å². The predicted molar refractivity (Wildman–Crippen MR) is 105 cm³/mol. The number of hydrogen-bond donors (Lipinski definition) is 1. The van der Waals surface area contributed by atoms with Crippen molar-refractivity contribution in [1.82, 2.24) is 0 Å². The van der Waals surface area contributed by atoms with Gasteiger partial charge in [-0.15, -0.1) is 0 Å². The Morgan fingerprint density at radius 2 is 1.89 bits per heavy atom. The van der Waals surface area contributed by atoms with Crippen molar-refractivity contribution in [3.8, 4) is 0 Å². The van der Waals surface area contributed by atoms with E-state index in [0.29, 0.717) is 12.1 Å². The summed E-state index contributed by atoms with van der Waals surface area (Å²) in [5.74, 6) is -1.09. The molecule has 8 heteroatoms. The third-order valence-corrected chi connectivity index (χ3v) is 5.68. The molecule has 0 saturated heterocycles. The van der Waals surface area contributed by atoms with Gasteiger partial charge in [-0.25, -0.2) is 18.4 Å². The Morgan fingerprint density at radius 3 is 2.61 bits per heavy atom. The van der Waals surface area contributed by atoms with Crippen LogP contribution < -0.4 is 10.0 Å². The van der Waals surface area contributed by atoms with Crippen molar-refractivity contribution in [2.75, 3.05) is 11.4 Å². The maximum absolute atomic E-state index is 12.9. The lowest BCUT2D eigenvalue weighted by Crippen LogP contribution is -2.42. The number of fused-ring (bicyclic) bond motifs is 1. The summed E-state index contributed by atoms with van der Waals surface area (Å²) in [7, 11) is -3.95. The zero-order valence-corrected chi connectivity index (χ0v) is 16.5. The van der Waals surface area contributed by atoms with Crippen LogP contribution in [0.5, 0.6) is 0 Å². The molecule has 7 nitrogen and oxygen atoms in total. The van der Waals surface area contributed by atoms with Crippen molar-refractivity contribution in [2.24, 2.45) is 5.14 Å². The molecule has 148 valence electrons. The molecule has 0 spiro atoms. The van der Waals surface area contributed by atoms with Crippen LogP contribution in [0.25, 0.3) is 0 Å². The number of benzene rings is 2. The van der Waals surface area contributed by atoms with Gasteiger partial charge < -0.3 is 9.64 Å². The molecule has 0 bridgehead atoms. The summed E-state index contributed by atoms with van der Waals surface area (Å²) < 4.78 is 28.4. The van der Waals surface area contributed by atoms with E-state index in [0.717, 1.165) is 24.1 Å². The average molecular weight is 402 g/mol. The Kier molecular flexibility index (Phi) is 5.53. The molecule has 1 atom stereocenters. The molecule has 2 N–H and O–H groups in total. The number of anilines is 1. The molecule has 1 amide bonds. The van der Waals surface area contributed by atoms with E-state index >= 15 is 0 Å². The van der Waals surface area contributed by atoms with Gasteiger partial charge in [0.05, 0.1) is 10.5 Å². The van der Waals surface area contributed by atoms with E-state index < -0.39 is 22.1 Å². The number of nitrogens with two attached hydrogens (primary N) is 1. The van der Waals surface area contributed by atoms with Crippen LogP contribution in [0, 0.1) is 6.92 Å². The third kappa shape index (κ3) is 4.07. The monoisotopic (exact) mass is 402 g/mol. The number of ether oxygens (including phenoxy) is 1. The van der Waals surface area contributed by atoms with Crippen LogP contribution in [-0.4, -0.2) is 32.9 Å². The van der Waals surface area contributed by atoms with Gasteiger partial charge in [0.15, 0.2) is 6.10 Å². The zero-order valence-electron chi connectivity index (χ0n) is 15.7. The van der Waals surface area contributed by atoms with Gasteiger partial charge in [0.2, 0.25) is 10.0 Å². The minimum absolute atomic E-state index is 0.0604. The normalized spacial score (nSPS) is 14.9. The molecule has 1 aliphatic rings. The van der Waals surface area contributed by atoms with Gasteiger partial charge in [-0.3, -0.25) is 4.79 Å². The second kappa shape index (κ2) is 7.73. The molecule has 0 saturated carbocycles. The molecular formula is C20H22N2O5S.